The van der Waals surface area contributed by atoms with E-state index in [0.717, 1.165) is 6.42 Å². The van der Waals surface area contributed by atoms with Crippen LogP contribution in [-0.4, -0.2) is 60.1 Å². The molecule has 1 saturated heterocycles. The lowest BCUT2D eigenvalue weighted by Gasteiger charge is -2.32. The molecule has 0 aromatic rings. The first-order valence-corrected chi connectivity index (χ1v) is 8.71. The fourth-order valence-corrected chi connectivity index (χ4v) is 3.48. The van der Waals surface area contributed by atoms with E-state index in [9.17, 15) is 22.8 Å². The number of amides is 3. The second kappa shape index (κ2) is 8.07. The third kappa shape index (κ3) is 5.01. The largest absolute Gasteiger partial charge is 0.391 e. The number of nitrogens with one attached hydrogen (secondary N) is 1. The molecule has 0 unspecified atom stereocenters. The third-order valence-corrected chi connectivity index (χ3v) is 4.78. The molecule has 2 fully saturated rings. The summed E-state index contributed by atoms with van der Waals surface area (Å²) in [7, 11) is 0. The van der Waals surface area contributed by atoms with Crippen molar-refractivity contribution < 1.29 is 22.8 Å². The van der Waals surface area contributed by atoms with Crippen molar-refractivity contribution in [3.63, 3.8) is 0 Å². The molecule has 3 amide bonds. The summed E-state index contributed by atoms with van der Waals surface area (Å²) >= 11 is 0. The summed E-state index contributed by atoms with van der Waals surface area (Å²) in [5, 5.41) is 2.70. The monoisotopic (exact) mass is 349 g/mol. The van der Waals surface area contributed by atoms with Gasteiger partial charge in [-0.3, -0.25) is 4.79 Å². The molecule has 2 atom stereocenters. The molecule has 0 spiro atoms. The zero-order valence-corrected chi connectivity index (χ0v) is 14.1. The summed E-state index contributed by atoms with van der Waals surface area (Å²) in [6.45, 7) is 3.73. The first-order chi connectivity index (χ1) is 11.3. The Balaban J connectivity index is 1.88. The average Bonchev–Trinajstić information content (AvgIpc) is 2.69. The Kier molecular flexibility index (Phi) is 6.34. The number of urea groups is 1. The van der Waals surface area contributed by atoms with Crippen molar-refractivity contribution in [3.8, 4) is 0 Å². The van der Waals surface area contributed by atoms with E-state index in [1.54, 1.807) is 4.90 Å². The van der Waals surface area contributed by atoms with Crippen LogP contribution in [-0.2, 0) is 4.79 Å². The van der Waals surface area contributed by atoms with Gasteiger partial charge in [0.25, 0.3) is 0 Å². The van der Waals surface area contributed by atoms with Crippen molar-refractivity contribution in [2.75, 3.05) is 26.2 Å². The topological polar surface area (TPSA) is 52.6 Å². The molecule has 0 radical (unpaired) electrons. The highest BCUT2D eigenvalue weighted by molar-refractivity contribution is 5.84. The summed E-state index contributed by atoms with van der Waals surface area (Å²) in [5.74, 6) is -1.44. The number of nitrogens with zero attached hydrogens (tertiary/aromatic N) is 2. The molecule has 24 heavy (non-hydrogen) atoms. The minimum absolute atomic E-state index is 0.00124. The van der Waals surface area contributed by atoms with Crippen LogP contribution in [0.15, 0.2) is 0 Å². The molecule has 0 aromatic carbocycles. The Hall–Kier alpha value is -1.47. The Morgan fingerprint density at radius 1 is 1.25 bits per heavy atom. The maximum Gasteiger partial charge on any atom is 0.391 e. The standard InChI is InChI=1S/C16H26F3N3O2/c1-2-7-21-8-4-9-22(11-14(21)23)15(24)20-13-6-3-5-12(10-13)16(17,18)19/h12-13H,2-11H2,1H3,(H,20,24)/t12-,13+/m1/s1. The van der Waals surface area contributed by atoms with E-state index >= 15 is 0 Å². The number of carbonyl (C=O) groups is 2. The van der Waals surface area contributed by atoms with Crippen molar-refractivity contribution >= 4 is 11.9 Å². The van der Waals surface area contributed by atoms with Gasteiger partial charge < -0.3 is 15.1 Å². The van der Waals surface area contributed by atoms with Gasteiger partial charge >= 0.3 is 12.2 Å². The van der Waals surface area contributed by atoms with Crippen LogP contribution in [0.2, 0.25) is 0 Å². The fourth-order valence-electron chi connectivity index (χ4n) is 3.48. The molecule has 2 rings (SSSR count). The van der Waals surface area contributed by atoms with Gasteiger partial charge in [0.2, 0.25) is 5.91 Å². The maximum atomic E-state index is 12.9. The summed E-state index contributed by atoms with van der Waals surface area (Å²) in [4.78, 5) is 27.7. The van der Waals surface area contributed by atoms with Gasteiger partial charge in [-0.25, -0.2) is 4.79 Å². The molecule has 1 saturated carbocycles. The third-order valence-electron chi connectivity index (χ3n) is 4.78. The highest BCUT2D eigenvalue weighted by Gasteiger charge is 2.42. The lowest BCUT2D eigenvalue weighted by molar-refractivity contribution is -0.183. The van der Waals surface area contributed by atoms with Crippen LogP contribution in [0, 0.1) is 5.92 Å². The zero-order chi connectivity index (χ0) is 17.7. The molecule has 138 valence electrons. The van der Waals surface area contributed by atoms with Crippen LogP contribution in [0.4, 0.5) is 18.0 Å². The molecule has 1 N–H and O–H groups in total. The van der Waals surface area contributed by atoms with E-state index in [4.69, 9.17) is 0 Å². The highest BCUT2D eigenvalue weighted by atomic mass is 19.4. The van der Waals surface area contributed by atoms with Crippen molar-refractivity contribution in [2.24, 2.45) is 5.92 Å². The molecule has 1 aliphatic heterocycles. The number of rotatable bonds is 3. The van der Waals surface area contributed by atoms with Crippen LogP contribution >= 0.6 is 0 Å². The summed E-state index contributed by atoms with van der Waals surface area (Å²) in [6, 6.07) is -0.891. The minimum Gasteiger partial charge on any atom is -0.341 e. The Morgan fingerprint density at radius 2 is 2.00 bits per heavy atom. The van der Waals surface area contributed by atoms with E-state index in [1.807, 2.05) is 6.92 Å². The summed E-state index contributed by atoms with van der Waals surface area (Å²) in [5.41, 5.74) is 0. The van der Waals surface area contributed by atoms with Gasteiger partial charge in [0.05, 0.1) is 5.92 Å². The Bertz CT molecular complexity index is 456. The van der Waals surface area contributed by atoms with Gasteiger partial charge in [0.1, 0.15) is 6.54 Å². The van der Waals surface area contributed by atoms with Gasteiger partial charge in [-0.05, 0) is 32.1 Å². The summed E-state index contributed by atoms with van der Waals surface area (Å²) in [6.07, 6.45) is -1.58. The summed E-state index contributed by atoms with van der Waals surface area (Å²) < 4.78 is 38.6. The van der Waals surface area contributed by atoms with Crippen LogP contribution in [0.25, 0.3) is 0 Å². The zero-order valence-electron chi connectivity index (χ0n) is 14.1. The molecule has 2 aliphatic rings. The van der Waals surface area contributed by atoms with E-state index < -0.39 is 24.2 Å². The molecular formula is C16H26F3N3O2. The quantitative estimate of drug-likeness (QED) is 0.852. The Morgan fingerprint density at radius 3 is 2.67 bits per heavy atom. The second-order valence-electron chi connectivity index (χ2n) is 6.71. The van der Waals surface area contributed by atoms with Crippen LogP contribution in [0.1, 0.15) is 45.4 Å². The van der Waals surface area contributed by atoms with E-state index in [-0.39, 0.29) is 25.3 Å². The number of halogens is 3. The first kappa shape index (κ1) is 18.9. The number of alkyl halides is 3. The predicted octanol–water partition coefficient (Wildman–Crippen LogP) is 2.76. The van der Waals surface area contributed by atoms with E-state index in [1.165, 1.54) is 4.90 Å². The lowest BCUT2D eigenvalue weighted by Crippen LogP contribution is -2.49. The average molecular weight is 349 g/mol. The molecule has 8 heteroatoms. The minimum atomic E-state index is -4.21. The predicted molar refractivity (Wildman–Crippen MR) is 83.4 cm³/mol. The van der Waals surface area contributed by atoms with Gasteiger partial charge in [-0.15, -0.1) is 0 Å². The molecule has 1 aliphatic carbocycles. The first-order valence-electron chi connectivity index (χ1n) is 8.71. The van der Waals surface area contributed by atoms with Gasteiger partial charge in [0, 0.05) is 25.7 Å². The van der Waals surface area contributed by atoms with E-state index in [0.29, 0.717) is 38.9 Å². The normalized spacial score (nSPS) is 26.2. The molecular weight excluding hydrogens is 323 g/mol. The maximum absolute atomic E-state index is 12.9. The molecule has 1 heterocycles. The molecule has 5 nitrogen and oxygen atoms in total. The number of hydrogen-bond donors (Lipinski definition) is 1. The van der Waals surface area contributed by atoms with Crippen LogP contribution in [0.5, 0.6) is 0 Å². The smallest absolute Gasteiger partial charge is 0.341 e. The van der Waals surface area contributed by atoms with Crippen molar-refractivity contribution in [3.05, 3.63) is 0 Å². The van der Waals surface area contributed by atoms with Crippen molar-refractivity contribution in [2.45, 2.75) is 57.7 Å². The lowest BCUT2D eigenvalue weighted by atomic mass is 9.85. The fraction of sp³-hybridized carbons (Fsp3) is 0.875. The number of carbonyl (C=O) groups excluding carboxylic acids is 2. The van der Waals surface area contributed by atoms with Gasteiger partial charge in [-0.1, -0.05) is 13.3 Å². The van der Waals surface area contributed by atoms with Crippen molar-refractivity contribution in [1.82, 2.24) is 15.1 Å². The van der Waals surface area contributed by atoms with Gasteiger partial charge in [-0.2, -0.15) is 13.2 Å². The van der Waals surface area contributed by atoms with Gasteiger partial charge in [0.15, 0.2) is 0 Å². The second-order valence-corrected chi connectivity index (χ2v) is 6.71. The van der Waals surface area contributed by atoms with E-state index in [2.05, 4.69) is 5.32 Å². The highest BCUT2D eigenvalue weighted by Crippen LogP contribution is 2.37. The SMILES string of the molecule is CCCN1CCCN(C(=O)N[C@H]2CCC[C@@H](C(F)(F)F)C2)CC1=O. The van der Waals surface area contributed by atoms with Crippen molar-refractivity contribution in [1.29, 1.82) is 0 Å². The Labute approximate surface area is 140 Å². The number of hydrogen-bond acceptors (Lipinski definition) is 2. The molecule has 0 bridgehead atoms. The molecule has 0 aromatic heterocycles. The van der Waals surface area contributed by atoms with Crippen LogP contribution in [0.3, 0.4) is 0 Å². The van der Waals surface area contributed by atoms with Crippen LogP contribution < -0.4 is 5.32 Å².